The summed E-state index contributed by atoms with van der Waals surface area (Å²) < 4.78 is 33.7. The molecule has 0 aliphatic carbocycles. The molecule has 3 N–H and O–H groups in total. The molecule has 9 heteroatoms. The van der Waals surface area contributed by atoms with Gasteiger partial charge in [-0.2, -0.15) is 18.3 Å². The van der Waals surface area contributed by atoms with Gasteiger partial charge in [0.2, 0.25) is 0 Å². The van der Waals surface area contributed by atoms with Crippen molar-refractivity contribution in [3.63, 3.8) is 0 Å². The lowest BCUT2D eigenvalue weighted by atomic mass is 9.86. The molecule has 36 heavy (non-hydrogen) atoms. The van der Waals surface area contributed by atoms with Crippen molar-refractivity contribution in [1.82, 2.24) is 9.78 Å². The van der Waals surface area contributed by atoms with Crippen molar-refractivity contribution < 1.29 is 23.1 Å². The number of aliphatic carboxylic acids is 1. The van der Waals surface area contributed by atoms with Gasteiger partial charge in [0.15, 0.2) is 0 Å². The molecule has 0 radical (unpaired) electrons. The molecule has 4 rings (SSSR count). The zero-order valence-corrected chi connectivity index (χ0v) is 21.7. The lowest BCUT2D eigenvalue weighted by molar-refractivity contribution is -0.192. The van der Waals surface area contributed by atoms with Crippen molar-refractivity contribution in [3.05, 3.63) is 75.1 Å². The molecule has 1 atom stereocenters. The third kappa shape index (κ3) is 5.32. The summed E-state index contributed by atoms with van der Waals surface area (Å²) in [7, 11) is 2.03. The molecule has 0 saturated carbocycles. The lowest BCUT2D eigenvalue weighted by Gasteiger charge is -2.29. The monoisotopic (exact) mass is 517 g/mol. The van der Waals surface area contributed by atoms with Crippen LogP contribution in [-0.2, 0) is 17.4 Å². The topological polar surface area (TPSA) is 81.1 Å². The van der Waals surface area contributed by atoms with E-state index in [9.17, 15) is 13.2 Å². The SMILES string of the molecule is CCCC(N)(c1cccs1)c1c2cccc(-c3c(C)cc(C)cc3C)c2nn1C.O=C(O)C(F)(F)F. The summed E-state index contributed by atoms with van der Waals surface area (Å²) in [5.41, 5.74) is 15.0. The fraction of sp³-hybridized carbons (Fsp3) is 0.333. The number of carbonyl (C=O) groups is 1. The Hall–Kier alpha value is -3.17. The summed E-state index contributed by atoms with van der Waals surface area (Å²) in [4.78, 5) is 10.1. The molecule has 5 nitrogen and oxygen atoms in total. The number of carboxylic acids is 1. The van der Waals surface area contributed by atoms with Gasteiger partial charge in [0.25, 0.3) is 0 Å². The number of nitrogens with zero attached hydrogens (tertiary/aromatic N) is 2. The lowest BCUT2D eigenvalue weighted by Crippen LogP contribution is -2.39. The molecule has 0 fully saturated rings. The van der Waals surface area contributed by atoms with E-state index < -0.39 is 17.7 Å². The first-order chi connectivity index (χ1) is 16.8. The predicted octanol–water partition coefficient (Wildman–Crippen LogP) is 6.86. The van der Waals surface area contributed by atoms with Crippen molar-refractivity contribution >= 4 is 28.2 Å². The van der Waals surface area contributed by atoms with E-state index in [1.165, 1.54) is 32.7 Å². The van der Waals surface area contributed by atoms with E-state index in [2.05, 4.69) is 75.5 Å². The minimum Gasteiger partial charge on any atom is -0.475 e. The molecule has 1 unspecified atom stereocenters. The highest BCUT2D eigenvalue weighted by Gasteiger charge is 2.38. The number of nitrogens with two attached hydrogens (primary N) is 1. The van der Waals surface area contributed by atoms with Gasteiger partial charge in [-0.3, -0.25) is 4.68 Å². The fourth-order valence-electron chi connectivity index (χ4n) is 4.84. The molecule has 0 amide bonds. The highest BCUT2D eigenvalue weighted by molar-refractivity contribution is 7.10. The maximum absolute atomic E-state index is 10.6. The fourth-order valence-corrected chi connectivity index (χ4v) is 5.71. The summed E-state index contributed by atoms with van der Waals surface area (Å²) in [6.07, 6.45) is -3.19. The molecule has 0 aliphatic rings. The molecule has 0 saturated heterocycles. The second-order valence-electron chi connectivity index (χ2n) is 8.95. The Kier molecular flexibility index (Phi) is 7.95. The maximum Gasteiger partial charge on any atom is 0.490 e. The van der Waals surface area contributed by atoms with Gasteiger partial charge in [-0.05, 0) is 55.3 Å². The van der Waals surface area contributed by atoms with Crippen LogP contribution in [0, 0.1) is 20.8 Å². The molecular weight excluding hydrogens is 487 g/mol. The minimum atomic E-state index is -5.08. The number of halogens is 3. The number of rotatable bonds is 5. The van der Waals surface area contributed by atoms with Crippen molar-refractivity contribution in [2.45, 2.75) is 52.3 Å². The number of aromatic nitrogens is 2. The van der Waals surface area contributed by atoms with Crippen molar-refractivity contribution in [2.75, 3.05) is 0 Å². The standard InChI is InChI=1S/C25H29N3S.C2HF3O2/c1-6-12-25(26,21-11-8-13-29-21)24-20-10-7-9-19(23(20)27-28(24)5)22-17(3)14-16(2)15-18(22)4;3-2(4,5)1(6)7/h7-11,13-15H,6,12,26H2,1-5H3;(H,6,7). The van der Waals surface area contributed by atoms with E-state index in [1.807, 2.05) is 11.7 Å². The largest absolute Gasteiger partial charge is 0.490 e. The first kappa shape index (κ1) is 27.4. The number of hydrogen-bond donors (Lipinski definition) is 2. The van der Waals surface area contributed by atoms with Crippen LogP contribution in [0.15, 0.2) is 47.8 Å². The van der Waals surface area contributed by atoms with E-state index in [4.69, 9.17) is 20.7 Å². The summed E-state index contributed by atoms with van der Waals surface area (Å²) in [6.45, 7) is 8.72. The van der Waals surface area contributed by atoms with Crippen LogP contribution in [0.1, 0.15) is 47.0 Å². The summed E-state index contributed by atoms with van der Waals surface area (Å²) in [6, 6.07) is 15.2. The third-order valence-electron chi connectivity index (χ3n) is 6.08. The number of hydrogen-bond acceptors (Lipinski definition) is 4. The Morgan fingerprint density at radius 1 is 1.11 bits per heavy atom. The number of benzene rings is 2. The summed E-state index contributed by atoms with van der Waals surface area (Å²) in [5.74, 6) is -2.76. The number of alkyl halides is 3. The van der Waals surface area contributed by atoms with Crippen LogP contribution in [0.5, 0.6) is 0 Å². The van der Waals surface area contributed by atoms with Crippen LogP contribution in [0.25, 0.3) is 22.0 Å². The van der Waals surface area contributed by atoms with Crippen LogP contribution in [0.3, 0.4) is 0 Å². The van der Waals surface area contributed by atoms with E-state index in [1.54, 1.807) is 11.3 Å². The maximum atomic E-state index is 10.6. The average Bonchev–Trinajstić information content (AvgIpc) is 3.41. The van der Waals surface area contributed by atoms with Crippen molar-refractivity contribution in [2.24, 2.45) is 12.8 Å². The van der Waals surface area contributed by atoms with Gasteiger partial charge in [0.1, 0.15) is 5.52 Å². The van der Waals surface area contributed by atoms with E-state index >= 15 is 0 Å². The quantitative estimate of drug-likeness (QED) is 0.303. The second kappa shape index (κ2) is 10.4. The molecular formula is C27H30F3N3O2S. The van der Waals surface area contributed by atoms with Crippen LogP contribution in [-0.4, -0.2) is 27.0 Å². The molecule has 4 aromatic rings. The third-order valence-corrected chi connectivity index (χ3v) is 7.13. The molecule has 0 spiro atoms. The van der Waals surface area contributed by atoms with Gasteiger partial charge in [-0.15, -0.1) is 11.3 Å². The number of carboxylic acid groups (broad SMARTS) is 1. The zero-order valence-electron chi connectivity index (χ0n) is 20.9. The number of thiophene rings is 1. The van der Waals surface area contributed by atoms with Crippen LogP contribution in [0.2, 0.25) is 0 Å². The summed E-state index contributed by atoms with van der Waals surface area (Å²) in [5, 5.41) is 15.4. The molecule has 0 bridgehead atoms. The Morgan fingerprint density at radius 3 is 2.22 bits per heavy atom. The summed E-state index contributed by atoms with van der Waals surface area (Å²) >= 11 is 1.73. The van der Waals surface area contributed by atoms with Crippen LogP contribution < -0.4 is 5.73 Å². The van der Waals surface area contributed by atoms with E-state index in [0.29, 0.717) is 0 Å². The van der Waals surface area contributed by atoms with Crippen LogP contribution in [0.4, 0.5) is 13.2 Å². The predicted molar refractivity (Wildman–Crippen MR) is 138 cm³/mol. The smallest absolute Gasteiger partial charge is 0.475 e. The first-order valence-corrected chi connectivity index (χ1v) is 12.4. The Balaban J connectivity index is 0.000000454. The normalized spacial score (nSPS) is 13.2. The highest BCUT2D eigenvalue weighted by atomic mass is 32.1. The average molecular weight is 518 g/mol. The van der Waals surface area contributed by atoms with E-state index in [0.717, 1.165) is 29.4 Å². The zero-order chi connectivity index (χ0) is 26.8. The number of fused-ring (bicyclic) bond motifs is 1. The molecule has 192 valence electrons. The minimum absolute atomic E-state index is 0.539. The van der Waals surface area contributed by atoms with Gasteiger partial charge in [0, 0.05) is 22.9 Å². The number of aryl methyl sites for hydroxylation is 4. The molecule has 0 aliphatic heterocycles. The Labute approximate surface area is 212 Å². The molecule has 2 aromatic heterocycles. The van der Waals surface area contributed by atoms with Gasteiger partial charge < -0.3 is 10.8 Å². The molecule has 2 aromatic carbocycles. The van der Waals surface area contributed by atoms with Crippen LogP contribution >= 0.6 is 11.3 Å². The van der Waals surface area contributed by atoms with Crippen molar-refractivity contribution in [1.29, 1.82) is 0 Å². The van der Waals surface area contributed by atoms with Gasteiger partial charge >= 0.3 is 12.1 Å². The second-order valence-corrected chi connectivity index (χ2v) is 9.90. The highest BCUT2D eigenvalue weighted by Crippen LogP contribution is 2.41. The van der Waals surface area contributed by atoms with Crippen molar-refractivity contribution in [3.8, 4) is 11.1 Å². The van der Waals surface area contributed by atoms with Gasteiger partial charge in [-0.1, -0.05) is 55.3 Å². The Bertz CT molecular complexity index is 1350. The Morgan fingerprint density at radius 2 is 1.72 bits per heavy atom. The van der Waals surface area contributed by atoms with Gasteiger partial charge in [-0.25, -0.2) is 4.79 Å². The first-order valence-electron chi connectivity index (χ1n) is 11.5. The van der Waals surface area contributed by atoms with E-state index in [-0.39, 0.29) is 0 Å². The van der Waals surface area contributed by atoms with Gasteiger partial charge in [0.05, 0.1) is 11.2 Å². The molecule has 2 heterocycles.